The van der Waals surface area contributed by atoms with Crippen LogP contribution >= 0.6 is 27.3 Å². The summed E-state index contributed by atoms with van der Waals surface area (Å²) in [4.78, 5) is 1.39. The highest BCUT2D eigenvalue weighted by Gasteiger charge is 2.49. The van der Waals surface area contributed by atoms with E-state index in [0.29, 0.717) is 11.5 Å². The molecule has 84 valence electrons. The second-order valence-corrected chi connectivity index (χ2v) is 6.82. The second-order valence-electron chi connectivity index (χ2n) is 4.97. The van der Waals surface area contributed by atoms with Crippen molar-refractivity contribution in [2.75, 3.05) is 0 Å². The van der Waals surface area contributed by atoms with E-state index < -0.39 is 0 Å². The van der Waals surface area contributed by atoms with Crippen LogP contribution in [0.4, 0.5) is 0 Å². The summed E-state index contributed by atoms with van der Waals surface area (Å²) in [5.74, 6) is 6.36. The summed E-state index contributed by atoms with van der Waals surface area (Å²) < 4.78 is 1.21. The van der Waals surface area contributed by atoms with Crippen LogP contribution in [-0.4, -0.2) is 6.04 Å². The Morgan fingerprint density at radius 3 is 2.80 bits per heavy atom. The quantitative estimate of drug-likeness (QED) is 0.660. The molecule has 1 fully saturated rings. The van der Waals surface area contributed by atoms with Gasteiger partial charge in [-0.2, -0.15) is 0 Å². The fraction of sp³-hybridized carbons (Fsp3) is 0.636. The predicted octanol–water partition coefficient (Wildman–Crippen LogP) is 2.93. The van der Waals surface area contributed by atoms with Crippen molar-refractivity contribution < 1.29 is 0 Å². The van der Waals surface area contributed by atoms with Crippen molar-refractivity contribution in [1.82, 2.24) is 5.43 Å². The van der Waals surface area contributed by atoms with E-state index in [0.717, 1.165) is 12.3 Å². The van der Waals surface area contributed by atoms with Crippen molar-refractivity contribution in [1.29, 1.82) is 0 Å². The summed E-state index contributed by atoms with van der Waals surface area (Å²) in [5, 5.41) is 2.12. The molecule has 1 aliphatic rings. The number of hydrazine groups is 1. The molecule has 1 aromatic heterocycles. The van der Waals surface area contributed by atoms with Crippen LogP contribution in [0.1, 0.15) is 25.1 Å². The van der Waals surface area contributed by atoms with Crippen LogP contribution in [0, 0.1) is 11.3 Å². The molecule has 1 aromatic rings. The molecular weight excluding hydrogens is 272 g/mol. The van der Waals surface area contributed by atoms with Crippen molar-refractivity contribution in [3.63, 3.8) is 0 Å². The van der Waals surface area contributed by atoms with Crippen LogP contribution in [-0.2, 0) is 6.42 Å². The fourth-order valence-corrected chi connectivity index (χ4v) is 3.76. The van der Waals surface area contributed by atoms with Gasteiger partial charge in [0.2, 0.25) is 0 Å². The normalized spacial score (nSPS) is 25.2. The van der Waals surface area contributed by atoms with E-state index in [2.05, 4.69) is 46.6 Å². The van der Waals surface area contributed by atoms with Crippen LogP contribution in [0.15, 0.2) is 15.9 Å². The minimum Gasteiger partial charge on any atom is -0.271 e. The highest BCUT2D eigenvalue weighted by atomic mass is 79.9. The van der Waals surface area contributed by atoms with Gasteiger partial charge in [0.15, 0.2) is 0 Å². The van der Waals surface area contributed by atoms with Crippen molar-refractivity contribution >= 4 is 27.3 Å². The first kappa shape index (κ1) is 11.6. The number of nitrogens with two attached hydrogens (primary N) is 1. The third-order valence-electron chi connectivity index (χ3n) is 3.39. The molecule has 1 heterocycles. The molecule has 1 aliphatic carbocycles. The van der Waals surface area contributed by atoms with Crippen LogP contribution < -0.4 is 11.3 Å². The van der Waals surface area contributed by atoms with Gasteiger partial charge in [0.1, 0.15) is 0 Å². The van der Waals surface area contributed by atoms with E-state index in [1.165, 1.54) is 15.8 Å². The van der Waals surface area contributed by atoms with Gasteiger partial charge in [0.05, 0.1) is 0 Å². The van der Waals surface area contributed by atoms with Crippen molar-refractivity contribution in [3.8, 4) is 0 Å². The van der Waals surface area contributed by atoms with E-state index in [1.54, 1.807) is 11.3 Å². The topological polar surface area (TPSA) is 38.0 Å². The average Bonchev–Trinajstić information content (AvgIpc) is 2.62. The van der Waals surface area contributed by atoms with Gasteiger partial charge < -0.3 is 0 Å². The number of hydrogen-bond acceptors (Lipinski definition) is 3. The monoisotopic (exact) mass is 288 g/mol. The maximum absolute atomic E-state index is 5.64. The van der Waals surface area contributed by atoms with Crippen LogP contribution in [0.5, 0.6) is 0 Å². The lowest BCUT2D eigenvalue weighted by Crippen LogP contribution is -2.39. The van der Waals surface area contributed by atoms with Crippen molar-refractivity contribution in [3.05, 3.63) is 20.8 Å². The number of rotatable bonds is 4. The van der Waals surface area contributed by atoms with Crippen LogP contribution in [0.25, 0.3) is 0 Å². The van der Waals surface area contributed by atoms with Gasteiger partial charge in [0, 0.05) is 15.4 Å². The predicted molar refractivity (Wildman–Crippen MR) is 68.7 cm³/mol. The van der Waals surface area contributed by atoms with E-state index in [4.69, 9.17) is 5.84 Å². The molecule has 4 heteroatoms. The Hall–Kier alpha value is 0.1000. The molecule has 0 spiro atoms. The standard InChI is InChI=1S/C11H17BrN2S/c1-11(2)6-7(11)9(14-13)5-10-8(12)3-4-15-10/h3-4,7,9,14H,5-6,13H2,1-2H3. The molecule has 15 heavy (non-hydrogen) atoms. The first-order chi connectivity index (χ1) is 7.04. The lowest BCUT2D eigenvalue weighted by molar-refractivity contribution is 0.410. The number of nitrogens with one attached hydrogen (secondary N) is 1. The first-order valence-electron chi connectivity index (χ1n) is 5.22. The van der Waals surface area contributed by atoms with Gasteiger partial charge in [-0.3, -0.25) is 11.3 Å². The Bertz CT molecular complexity index is 348. The molecule has 0 aliphatic heterocycles. The Morgan fingerprint density at radius 1 is 1.73 bits per heavy atom. The SMILES string of the molecule is CC1(C)CC1C(Cc1sccc1Br)NN. The maximum atomic E-state index is 5.64. The van der Waals surface area contributed by atoms with Gasteiger partial charge in [-0.1, -0.05) is 13.8 Å². The number of thiophene rings is 1. The van der Waals surface area contributed by atoms with E-state index in [-0.39, 0.29) is 0 Å². The molecule has 0 saturated heterocycles. The molecule has 0 amide bonds. The smallest absolute Gasteiger partial charge is 0.0314 e. The molecule has 0 bridgehead atoms. The van der Waals surface area contributed by atoms with Crippen LogP contribution in [0.2, 0.25) is 0 Å². The molecule has 2 unspecified atom stereocenters. The summed E-state index contributed by atoms with van der Waals surface area (Å²) in [6.07, 6.45) is 2.31. The Labute approximate surface area is 103 Å². The lowest BCUT2D eigenvalue weighted by Gasteiger charge is -2.17. The molecule has 1 saturated carbocycles. The van der Waals surface area contributed by atoms with Crippen molar-refractivity contribution in [2.24, 2.45) is 17.2 Å². The van der Waals surface area contributed by atoms with Gasteiger partial charge in [-0.25, -0.2) is 0 Å². The van der Waals surface area contributed by atoms with Gasteiger partial charge >= 0.3 is 0 Å². The Morgan fingerprint density at radius 2 is 2.40 bits per heavy atom. The molecule has 2 atom stereocenters. The zero-order valence-corrected chi connectivity index (χ0v) is 11.5. The van der Waals surface area contributed by atoms with Gasteiger partial charge in [-0.15, -0.1) is 11.3 Å². The maximum Gasteiger partial charge on any atom is 0.0314 e. The summed E-state index contributed by atoms with van der Waals surface area (Å²) >= 11 is 5.36. The van der Waals surface area contributed by atoms with Gasteiger partial charge in [-0.05, 0) is 51.6 Å². The summed E-state index contributed by atoms with van der Waals surface area (Å²) in [6.45, 7) is 4.62. The first-order valence-corrected chi connectivity index (χ1v) is 6.90. The minimum absolute atomic E-state index is 0.412. The third-order valence-corrected chi connectivity index (χ3v) is 5.33. The van der Waals surface area contributed by atoms with E-state index in [1.807, 2.05) is 0 Å². The van der Waals surface area contributed by atoms with Crippen molar-refractivity contribution in [2.45, 2.75) is 32.7 Å². The van der Waals surface area contributed by atoms with E-state index >= 15 is 0 Å². The molecule has 0 radical (unpaired) electrons. The molecule has 2 rings (SSSR count). The second kappa shape index (κ2) is 4.17. The number of hydrogen-bond donors (Lipinski definition) is 2. The summed E-state index contributed by atoms with van der Waals surface area (Å²) in [7, 11) is 0. The summed E-state index contributed by atoms with van der Waals surface area (Å²) in [6, 6.07) is 2.51. The molecule has 3 N–H and O–H groups in total. The minimum atomic E-state index is 0.412. The highest BCUT2D eigenvalue weighted by molar-refractivity contribution is 9.10. The largest absolute Gasteiger partial charge is 0.271 e. The molecular formula is C11H17BrN2S. The average molecular weight is 289 g/mol. The highest BCUT2D eigenvalue weighted by Crippen LogP contribution is 2.54. The van der Waals surface area contributed by atoms with Gasteiger partial charge in [0.25, 0.3) is 0 Å². The fourth-order valence-electron chi connectivity index (χ4n) is 2.18. The zero-order chi connectivity index (χ0) is 11.1. The number of halogens is 1. The Kier molecular flexibility index (Phi) is 3.22. The molecule has 2 nitrogen and oxygen atoms in total. The van der Waals surface area contributed by atoms with Crippen LogP contribution in [0.3, 0.4) is 0 Å². The third kappa shape index (κ3) is 2.44. The zero-order valence-electron chi connectivity index (χ0n) is 9.09. The lowest BCUT2D eigenvalue weighted by atomic mass is 10.0. The summed E-state index contributed by atoms with van der Waals surface area (Å²) in [5.41, 5.74) is 3.44. The molecule has 0 aromatic carbocycles. The Balaban J connectivity index is 2.01. The van der Waals surface area contributed by atoms with E-state index in [9.17, 15) is 0 Å².